The molecule has 2 heterocycles. The molecule has 0 aliphatic carbocycles. The van der Waals surface area contributed by atoms with Crippen LogP contribution in [0.5, 0.6) is 0 Å². The lowest BCUT2D eigenvalue weighted by molar-refractivity contribution is -0.113. The number of amides is 1. The van der Waals surface area contributed by atoms with Gasteiger partial charge < -0.3 is 9.84 Å². The number of halogens is 1. The van der Waals surface area contributed by atoms with E-state index in [2.05, 4.69) is 20.7 Å². The molecule has 1 atom stereocenters. The van der Waals surface area contributed by atoms with E-state index in [0.29, 0.717) is 21.8 Å². The number of hydrogen-bond acceptors (Lipinski definition) is 7. The molecule has 3 aromatic rings. The van der Waals surface area contributed by atoms with Gasteiger partial charge in [-0.25, -0.2) is 0 Å². The van der Waals surface area contributed by atoms with E-state index in [1.165, 1.54) is 11.8 Å². The minimum absolute atomic E-state index is 0.0319. The van der Waals surface area contributed by atoms with E-state index < -0.39 is 0 Å². The van der Waals surface area contributed by atoms with Crippen LogP contribution in [0.2, 0.25) is 5.02 Å². The van der Waals surface area contributed by atoms with Crippen LogP contribution in [0.4, 0.5) is 5.82 Å². The van der Waals surface area contributed by atoms with Crippen molar-refractivity contribution < 1.29 is 9.32 Å². The highest BCUT2D eigenvalue weighted by molar-refractivity contribution is 7.99. The zero-order chi connectivity index (χ0) is 20.3. The fraction of sp³-hybridized carbons (Fsp3) is 0.333. The SMILES string of the molecule is Cc1cc(NC(=O)CSc2nnc(C(C)N(C)C)n2-c2ccc(Cl)cc2)no1. The Labute approximate surface area is 172 Å². The van der Waals surface area contributed by atoms with Crippen molar-refractivity contribution in [3.05, 3.63) is 46.9 Å². The normalized spacial score (nSPS) is 12.4. The monoisotopic (exact) mass is 420 g/mol. The van der Waals surface area contributed by atoms with Gasteiger partial charge in [-0.2, -0.15) is 0 Å². The molecule has 0 saturated heterocycles. The van der Waals surface area contributed by atoms with Crippen molar-refractivity contribution in [2.75, 3.05) is 25.2 Å². The molecule has 0 spiro atoms. The van der Waals surface area contributed by atoms with Gasteiger partial charge in [0.05, 0.1) is 11.8 Å². The smallest absolute Gasteiger partial charge is 0.236 e. The molecule has 0 saturated carbocycles. The Morgan fingerprint density at radius 2 is 2.04 bits per heavy atom. The number of nitrogens with zero attached hydrogens (tertiary/aromatic N) is 5. The number of nitrogens with one attached hydrogen (secondary N) is 1. The predicted octanol–water partition coefficient (Wildman–Crippen LogP) is 3.57. The summed E-state index contributed by atoms with van der Waals surface area (Å²) in [7, 11) is 3.96. The molecular weight excluding hydrogens is 400 g/mol. The highest BCUT2D eigenvalue weighted by Gasteiger charge is 2.21. The van der Waals surface area contributed by atoms with Crippen molar-refractivity contribution in [1.82, 2.24) is 24.8 Å². The van der Waals surface area contributed by atoms with Crippen molar-refractivity contribution in [2.45, 2.75) is 25.0 Å². The highest BCUT2D eigenvalue weighted by atomic mass is 35.5. The van der Waals surface area contributed by atoms with Gasteiger partial charge in [-0.15, -0.1) is 10.2 Å². The summed E-state index contributed by atoms with van der Waals surface area (Å²) in [4.78, 5) is 14.3. The predicted molar refractivity (Wildman–Crippen MR) is 109 cm³/mol. The van der Waals surface area contributed by atoms with Crippen LogP contribution in [-0.2, 0) is 4.79 Å². The van der Waals surface area contributed by atoms with Crippen molar-refractivity contribution in [3.8, 4) is 5.69 Å². The summed E-state index contributed by atoms with van der Waals surface area (Å²) < 4.78 is 6.90. The molecular formula is C18H21ClN6O2S. The van der Waals surface area contributed by atoms with Crippen molar-refractivity contribution in [3.63, 3.8) is 0 Å². The van der Waals surface area contributed by atoms with E-state index in [9.17, 15) is 4.79 Å². The summed E-state index contributed by atoms with van der Waals surface area (Å²) in [5, 5.41) is 16.4. The van der Waals surface area contributed by atoms with Crippen LogP contribution in [0.25, 0.3) is 5.69 Å². The van der Waals surface area contributed by atoms with Gasteiger partial charge in [-0.3, -0.25) is 14.3 Å². The van der Waals surface area contributed by atoms with Gasteiger partial charge in [0.25, 0.3) is 0 Å². The second-order valence-electron chi connectivity index (χ2n) is 6.45. The molecule has 28 heavy (non-hydrogen) atoms. The summed E-state index contributed by atoms with van der Waals surface area (Å²) in [6.45, 7) is 3.81. The van der Waals surface area contributed by atoms with Gasteiger partial charge in [0.1, 0.15) is 5.76 Å². The minimum atomic E-state index is -0.203. The Morgan fingerprint density at radius 3 is 2.64 bits per heavy atom. The Morgan fingerprint density at radius 1 is 1.32 bits per heavy atom. The van der Waals surface area contributed by atoms with Gasteiger partial charge in [0.2, 0.25) is 5.91 Å². The fourth-order valence-electron chi connectivity index (χ4n) is 2.44. The third-order valence-corrected chi connectivity index (χ3v) is 5.30. The zero-order valence-corrected chi connectivity index (χ0v) is 17.6. The van der Waals surface area contributed by atoms with E-state index >= 15 is 0 Å². The molecule has 1 N–H and O–H groups in total. The van der Waals surface area contributed by atoms with Gasteiger partial charge in [-0.05, 0) is 52.2 Å². The summed E-state index contributed by atoms with van der Waals surface area (Å²) in [5.41, 5.74) is 0.883. The Hall–Kier alpha value is -2.36. The van der Waals surface area contributed by atoms with Crippen LogP contribution < -0.4 is 5.32 Å². The van der Waals surface area contributed by atoms with Crippen LogP contribution in [0.15, 0.2) is 40.0 Å². The molecule has 0 aliphatic rings. The van der Waals surface area contributed by atoms with E-state index in [0.717, 1.165) is 11.5 Å². The molecule has 0 bridgehead atoms. The van der Waals surface area contributed by atoms with Crippen molar-refractivity contribution in [2.24, 2.45) is 0 Å². The number of aryl methyl sites for hydroxylation is 1. The van der Waals surface area contributed by atoms with Gasteiger partial charge in [0.15, 0.2) is 16.8 Å². The Kier molecular flexibility index (Phi) is 6.38. The molecule has 8 nitrogen and oxygen atoms in total. The maximum absolute atomic E-state index is 12.2. The first-order valence-electron chi connectivity index (χ1n) is 8.59. The molecule has 2 aromatic heterocycles. The van der Waals surface area contributed by atoms with E-state index in [-0.39, 0.29) is 17.7 Å². The van der Waals surface area contributed by atoms with Crippen molar-refractivity contribution in [1.29, 1.82) is 0 Å². The third kappa shape index (κ3) is 4.73. The van der Waals surface area contributed by atoms with Gasteiger partial charge in [-0.1, -0.05) is 28.5 Å². The van der Waals surface area contributed by atoms with Gasteiger partial charge in [0, 0.05) is 16.8 Å². The first kappa shape index (κ1) is 20.4. The summed E-state index contributed by atoms with van der Waals surface area (Å²) in [6.07, 6.45) is 0. The highest BCUT2D eigenvalue weighted by Crippen LogP contribution is 2.27. The number of carbonyl (C=O) groups is 1. The lowest BCUT2D eigenvalue weighted by atomic mass is 10.2. The van der Waals surface area contributed by atoms with Crippen LogP contribution in [0.1, 0.15) is 24.6 Å². The summed E-state index contributed by atoms with van der Waals surface area (Å²) in [5.74, 6) is 1.76. The van der Waals surface area contributed by atoms with Crippen LogP contribution in [0.3, 0.4) is 0 Å². The topological polar surface area (TPSA) is 89.1 Å². The first-order valence-corrected chi connectivity index (χ1v) is 9.95. The first-order chi connectivity index (χ1) is 13.3. The second-order valence-corrected chi connectivity index (χ2v) is 7.83. The largest absolute Gasteiger partial charge is 0.360 e. The van der Waals surface area contributed by atoms with Crippen molar-refractivity contribution >= 4 is 35.1 Å². The lowest BCUT2D eigenvalue weighted by Gasteiger charge is -2.20. The zero-order valence-electron chi connectivity index (χ0n) is 16.0. The number of aromatic nitrogens is 4. The quantitative estimate of drug-likeness (QED) is 0.584. The molecule has 1 aromatic carbocycles. The van der Waals surface area contributed by atoms with E-state index in [1.807, 2.05) is 54.8 Å². The molecule has 1 unspecified atom stereocenters. The number of rotatable bonds is 7. The Bertz CT molecular complexity index is 953. The molecule has 3 rings (SSSR count). The number of hydrogen-bond donors (Lipinski definition) is 1. The molecule has 10 heteroatoms. The molecule has 148 valence electrons. The van der Waals surface area contributed by atoms with Crippen LogP contribution in [0, 0.1) is 6.92 Å². The average Bonchev–Trinajstić information content (AvgIpc) is 3.26. The molecule has 0 radical (unpaired) electrons. The van der Waals surface area contributed by atoms with Crippen LogP contribution in [-0.4, -0.2) is 50.6 Å². The average molecular weight is 421 g/mol. The lowest BCUT2D eigenvalue weighted by Crippen LogP contribution is -2.21. The number of anilines is 1. The second kappa shape index (κ2) is 8.76. The van der Waals surface area contributed by atoms with Gasteiger partial charge >= 0.3 is 0 Å². The van der Waals surface area contributed by atoms with E-state index in [1.54, 1.807) is 13.0 Å². The molecule has 1 amide bonds. The van der Waals surface area contributed by atoms with Crippen LogP contribution >= 0.6 is 23.4 Å². The molecule has 0 fully saturated rings. The standard InChI is InChI=1S/C18H21ClN6O2S/c1-11-9-15(23-27-11)20-16(26)10-28-18-22-21-17(12(2)24(3)4)25(18)14-7-5-13(19)6-8-14/h5-9,12H,10H2,1-4H3,(H,20,23,26). The third-order valence-electron chi connectivity index (χ3n) is 4.12. The number of benzene rings is 1. The maximum Gasteiger partial charge on any atom is 0.236 e. The maximum atomic E-state index is 12.2. The minimum Gasteiger partial charge on any atom is -0.360 e. The van der Waals surface area contributed by atoms with E-state index in [4.69, 9.17) is 16.1 Å². The number of thioether (sulfide) groups is 1. The summed E-state index contributed by atoms with van der Waals surface area (Å²) in [6, 6.07) is 9.13. The fourth-order valence-corrected chi connectivity index (χ4v) is 3.33. The summed E-state index contributed by atoms with van der Waals surface area (Å²) >= 11 is 7.32. The number of carbonyl (C=O) groups excluding carboxylic acids is 1. The Balaban J connectivity index is 1.82. The molecule has 0 aliphatic heterocycles.